The summed E-state index contributed by atoms with van der Waals surface area (Å²) < 4.78 is 0.763. The molecule has 2 fully saturated rings. The fourth-order valence-corrected chi connectivity index (χ4v) is 4.36. The summed E-state index contributed by atoms with van der Waals surface area (Å²) in [6.45, 7) is 2.12. The van der Waals surface area contributed by atoms with Crippen LogP contribution in [0.4, 0.5) is 5.82 Å². The van der Waals surface area contributed by atoms with Crippen LogP contribution in [0.5, 0.6) is 0 Å². The molecule has 0 saturated heterocycles. The first-order valence-corrected chi connectivity index (χ1v) is 8.30. The van der Waals surface area contributed by atoms with Crippen molar-refractivity contribution in [2.75, 3.05) is 5.43 Å². The van der Waals surface area contributed by atoms with Gasteiger partial charge in [-0.2, -0.15) is 0 Å². The van der Waals surface area contributed by atoms with Gasteiger partial charge in [0.05, 0.1) is 5.56 Å². The molecule has 4 unspecified atom stereocenters. The fourth-order valence-electron chi connectivity index (χ4n) is 4.03. The first-order chi connectivity index (χ1) is 10.1. The van der Waals surface area contributed by atoms with E-state index in [1.165, 1.54) is 25.7 Å². The average molecular weight is 353 g/mol. The predicted octanol–water partition coefficient (Wildman–Crippen LogP) is 2.68. The van der Waals surface area contributed by atoms with Crippen molar-refractivity contribution in [2.24, 2.45) is 23.6 Å². The second kappa shape index (κ2) is 5.93. The van der Waals surface area contributed by atoms with Crippen LogP contribution < -0.4 is 16.6 Å². The first kappa shape index (κ1) is 14.8. The van der Waals surface area contributed by atoms with Crippen molar-refractivity contribution in [3.63, 3.8) is 0 Å². The molecule has 1 aromatic heterocycles. The molecule has 1 aromatic rings. The molecule has 4 atom stereocenters. The average Bonchev–Trinajstić information content (AvgIpc) is 3.09. The fraction of sp³-hybridized carbons (Fsp3) is 0.600. The third kappa shape index (κ3) is 2.92. The highest BCUT2D eigenvalue weighted by molar-refractivity contribution is 9.10. The van der Waals surface area contributed by atoms with Gasteiger partial charge in [0, 0.05) is 16.7 Å². The molecule has 2 aliphatic rings. The van der Waals surface area contributed by atoms with Crippen LogP contribution in [0.3, 0.4) is 0 Å². The van der Waals surface area contributed by atoms with Crippen LogP contribution in [-0.4, -0.2) is 16.9 Å². The Morgan fingerprint density at radius 1 is 1.48 bits per heavy atom. The number of pyridine rings is 1. The van der Waals surface area contributed by atoms with Crippen LogP contribution >= 0.6 is 15.9 Å². The summed E-state index contributed by atoms with van der Waals surface area (Å²) in [7, 11) is 0. The molecule has 2 saturated carbocycles. The van der Waals surface area contributed by atoms with E-state index in [1.54, 1.807) is 12.3 Å². The van der Waals surface area contributed by atoms with E-state index in [9.17, 15) is 4.79 Å². The third-order valence-corrected chi connectivity index (χ3v) is 5.46. The first-order valence-electron chi connectivity index (χ1n) is 7.51. The van der Waals surface area contributed by atoms with Crippen molar-refractivity contribution in [3.05, 3.63) is 22.3 Å². The number of hydrogen-bond donors (Lipinski definition) is 3. The highest BCUT2D eigenvalue weighted by Gasteiger charge is 2.42. The standard InChI is InChI=1S/C15H21BrN4O/c1-8(12-5-9-2-3-10(12)4-9)19-15(21)13-6-11(16)7-18-14(13)20-17/h6-10,12H,2-5,17H2,1H3,(H,18,20)(H,19,21). The third-order valence-electron chi connectivity index (χ3n) is 5.03. The number of hydrogen-bond acceptors (Lipinski definition) is 4. The van der Waals surface area contributed by atoms with Crippen molar-refractivity contribution in [1.82, 2.24) is 10.3 Å². The molecule has 5 nitrogen and oxygen atoms in total. The Morgan fingerprint density at radius 2 is 2.29 bits per heavy atom. The largest absolute Gasteiger partial charge is 0.349 e. The second-order valence-corrected chi connectivity index (χ2v) is 7.21. The normalized spacial score (nSPS) is 28.4. The SMILES string of the molecule is CC(NC(=O)c1cc(Br)cnc1NN)C1CC2CCC1C2. The van der Waals surface area contributed by atoms with Gasteiger partial charge in [0.25, 0.3) is 5.91 Å². The van der Waals surface area contributed by atoms with E-state index in [4.69, 9.17) is 5.84 Å². The number of carbonyl (C=O) groups excluding carboxylic acids is 1. The Kier molecular flexibility index (Phi) is 4.17. The molecule has 2 aliphatic carbocycles. The van der Waals surface area contributed by atoms with E-state index in [0.717, 1.165) is 16.3 Å². The lowest BCUT2D eigenvalue weighted by molar-refractivity contribution is 0.0915. The van der Waals surface area contributed by atoms with Crippen LogP contribution in [0.25, 0.3) is 0 Å². The molecule has 1 amide bonds. The summed E-state index contributed by atoms with van der Waals surface area (Å²) in [6, 6.07) is 1.93. The molecule has 2 bridgehead atoms. The van der Waals surface area contributed by atoms with Crippen LogP contribution in [0.15, 0.2) is 16.7 Å². The Morgan fingerprint density at radius 3 is 2.90 bits per heavy atom. The minimum atomic E-state index is -0.118. The van der Waals surface area contributed by atoms with E-state index >= 15 is 0 Å². The monoisotopic (exact) mass is 352 g/mol. The zero-order valence-electron chi connectivity index (χ0n) is 12.1. The van der Waals surface area contributed by atoms with Gasteiger partial charge in [-0.15, -0.1) is 0 Å². The maximum atomic E-state index is 12.5. The number of fused-ring (bicyclic) bond motifs is 2. The Balaban J connectivity index is 1.70. The predicted molar refractivity (Wildman–Crippen MR) is 85.6 cm³/mol. The lowest BCUT2D eigenvalue weighted by Crippen LogP contribution is -2.40. The van der Waals surface area contributed by atoms with Gasteiger partial charge in [-0.05, 0) is 65.9 Å². The number of nitrogens with two attached hydrogens (primary N) is 1. The molecular weight excluding hydrogens is 332 g/mol. The number of carbonyl (C=O) groups is 1. The topological polar surface area (TPSA) is 80.0 Å². The number of anilines is 1. The number of halogens is 1. The molecule has 3 rings (SSSR count). The maximum Gasteiger partial charge on any atom is 0.255 e. The van der Waals surface area contributed by atoms with E-state index in [-0.39, 0.29) is 11.9 Å². The van der Waals surface area contributed by atoms with Crippen LogP contribution in [0.2, 0.25) is 0 Å². The van der Waals surface area contributed by atoms with Gasteiger partial charge in [0.1, 0.15) is 0 Å². The molecule has 21 heavy (non-hydrogen) atoms. The summed E-state index contributed by atoms with van der Waals surface area (Å²) in [5.41, 5.74) is 2.95. The van der Waals surface area contributed by atoms with E-state index in [0.29, 0.717) is 17.3 Å². The molecular formula is C15H21BrN4O. The van der Waals surface area contributed by atoms with Crippen LogP contribution in [0.1, 0.15) is 43.0 Å². The Labute approximate surface area is 133 Å². The number of amides is 1. The van der Waals surface area contributed by atoms with E-state index < -0.39 is 0 Å². The van der Waals surface area contributed by atoms with Gasteiger partial charge in [-0.25, -0.2) is 10.8 Å². The quantitative estimate of drug-likeness (QED) is 0.574. The zero-order chi connectivity index (χ0) is 15.0. The van der Waals surface area contributed by atoms with Crippen molar-refractivity contribution in [2.45, 2.75) is 38.6 Å². The summed E-state index contributed by atoms with van der Waals surface area (Å²) in [5, 5.41) is 3.13. The van der Waals surface area contributed by atoms with Crippen molar-refractivity contribution < 1.29 is 4.79 Å². The summed E-state index contributed by atoms with van der Waals surface area (Å²) in [4.78, 5) is 16.6. The van der Waals surface area contributed by atoms with Crippen molar-refractivity contribution >= 4 is 27.7 Å². The van der Waals surface area contributed by atoms with Crippen molar-refractivity contribution in [1.29, 1.82) is 0 Å². The number of nitrogens with zero attached hydrogens (tertiary/aromatic N) is 1. The maximum absolute atomic E-state index is 12.5. The molecule has 1 heterocycles. The number of aromatic nitrogens is 1. The van der Waals surface area contributed by atoms with Crippen LogP contribution in [-0.2, 0) is 0 Å². The molecule has 114 valence electrons. The minimum Gasteiger partial charge on any atom is -0.349 e. The molecule has 0 aliphatic heterocycles. The number of nitrogens with one attached hydrogen (secondary N) is 2. The Bertz CT molecular complexity index is 550. The summed E-state index contributed by atoms with van der Waals surface area (Å²) in [5.74, 6) is 8.00. The van der Waals surface area contributed by atoms with Gasteiger partial charge < -0.3 is 10.7 Å². The van der Waals surface area contributed by atoms with Crippen LogP contribution in [0, 0.1) is 17.8 Å². The minimum absolute atomic E-state index is 0.118. The molecule has 0 aromatic carbocycles. The van der Waals surface area contributed by atoms with Gasteiger partial charge in [0.2, 0.25) is 0 Å². The lowest BCUT2D eigenvalue weighted by Gasteiger charge is -2.28. The smallest absolute Gasteiger partial charge is 0.255 e. The van der Waals surface area contributed by atoms with E-state index in [1.807, 2.05) is 0 Å². The molecule has 0 radical (unpaired) electrons. The number of hydrazine groups is 1. The Hall–Kier alpha value is -1.14. The number of rotatable bonds is 4. The van der Waals surface area contributed by atoms with Gasteiger partial charge in [-0.1, -0.05) is 6.42 Å². The highest BCUT2D eigenvalue weighted by Crippen LogP contribution is 2.49. The second-order valence-electron chi connectivity index (χ2n) is 6.29. The van der Waals surface area contributed by atoms with Crippen molar-refractivity contribution in [3.8, 4) is 0 Å². The van der Waals surface area contributed by atoms with E-state index in [2.05, 4.69) is 38.6 Å². The zero-order valence-corrected chi connectivity index (χ0v) is 13.7. The highest BCUT2D eigenvalue weighted by atomic mass is 79.9. The summed E-state index contributed by atoms with van der Waals surface area (Å²) >= 11 is 3.34. The van der Waals surface area contributed by atoms with Gasteiger partial charge in [-0.3, -0.25) is 4.79 Å². The molecule has 6 heteroatoms. The van der Waals surface area contributed by atoms with Gasteiger partial charge in [0.15, 0.2) is 5.82 Å². The molecule has 4 N–H and O–H groups in total. The molecule has 0 spiro atoms. The number of nitrogen functional groups attached to an aromatic ring is 1. The lowest BCUT2D eigenvalue weighted by atomic mass is 9.84. The summed E-state index contributed by atoms with van der Waals surface area (Å²) in [6.07, 6.45) is 6.91. The van der Waals surface area contributed by atoms with Gasteiger partial charge >= 0.3 is 0 Å².